The van der Waals surface area contributed by atoms with Crippen LogP contribution in [0.15, 0.2) is 18.2 Å². The SMILES string of the molecule is Cc1cc(CC2CCCNC2)ccc1NC(=O)OC(C)(C)C. The highest BCUT2D eigenvalue weighted by Crippen LogP contribution is 2.22. The van der Waals surface area contributed by atoms with E-state index in [1.165, 1.54) is 18.4 Å². The van der Waals surface area contributed by atoms with Gasteiger partial charge in [0.25, 0.3) is 0 Å². The minimum absolute atomic E-state index is 0.403. The Labute approximate surface area is 133 Å². The summed E-state index contributed by atoms with van der Waals surface area (Å²) in [6, 6.07) is 6.25. The van der Waals surface area contributed by atoms with Crippen molar-refractivity contribution in [3.05, 3.63) is 29.3 Å². The number of carbonyl (C=O) groups is 1. The van der Waals surface area contributed by atoms with Crippen LogP contribution in [0.5, 0.6) is 0 Å². The molecule has 2 rings (SSSR count). The van der Waals surface area contributed by atoms with Gasteiger partial charge in [-0.2, -0.15) is 0 Å². The van der Waals surface area contributed by atoms with E-state index in [4.69, 9.17) is 4.74 Å². The minimum Gasteiger partial charge on any atom is -0.444 e. The Balaban J connectivity index is 1.95. The minimum atomic E-state index is -0.480. The summed E-state index contributed by atoms with van der Waals surface area (Å²) in [5, 5.41) is 6.28. The van der Waals surface area contributed by atoms with Crippen molar-refractivity contribution in [2.45, 2.75) is 52.6 Å². The maximum atomic E-state index is 11.8. The number of piperidine rings is 1. The molecule has 22 heavy (non-hydrogen) atoms. The summed E-state index contributed by atoms with van der Waals surface area (Å²) in [5.41, 5.74) is 2.75. The lowest BCUT2D eigenvalue weighted by atomic mass is 9.91. The van der Waals surface area contributed by atoms with Crippen molar-refractivity contribution in [2.75, 3.05) is 18.4 Å². The Morgan fingerprint density at radius 3 is 2.77 bits per heavy atom. The molecule has 1 aromatic rings. The standard InChI is InChI=1S/C18H28N2O2/c1-13-10-14(11-15-6-5-9-19-12-15)7-8-16(13)20-17(21)22-18(2,3)4/h7-8,10,15,19H,5-6,9,11-12H2,1-4H3,(H,20,21). The first-order valence-electron chi connectivity index (χ1n) is 8.14. The van der Waals surface area contributed by atoms with Crippen LogP contribution in [0.1, 0.15) is 44.7 Å². The Morgan fingerprint density at radius 1 is 1.41 bits per heavy atom. The number of anilines is 1. The van der Waals surface area contributed by atoms with Gasteiger partial charge in [-0.1, -0.05) is 12.1 Å². The van der Waals surface area contributed by atoms with Crippen LogP contribution >= 0.6 is 0 Å². The Kier molecular flexibility index (Phi) is 5.46. The summed E-state index contributed by atoms with van der Waals surface area (Å²) in [5.74, 6) is 0.720. The van der Waals surface area contributed by atoms with E-state index in [1.54, 1.807) is 0 Å². The number of aryl methyl sites for hydroxylation is 1. The monoisotopic (exact) mass is 304 g/mol. The second-order valence-corrected chi connectivity index (χ2v) is 7.19. The number of rotatable bonds is 3. The number of hydrogen-bond donors (Lipinski definition) is 2. The fourth-order valence-electron chi connectivity index (χ4n) is 2.84. The van der Waals surface area contributed by atoms with Gasteiger partial charge < -0.3 is 10.1 Å². The van der Waals surface area contributed by atoms with E-state index < -0.39 is 11.7 Å². The van der Waals surface area contributed by atoms with Gasteiger partial charge >= 0.3 is 6.09 Å². The molecule has 0 aromatic heterocycles. The highest BCUT2D eigenvalue weighted by atomic mass is 16.6. The van der Waals surface area contributed by atoms with Crippen LogP contribution in [0.4, 0.5) is 10.5 Å². The Bertz CT molecular complexity index is 514. The lowest BCUT2D eigenvalue weighted by molar-refractivity contribution is 0.0636. The van der Waals surface area contributed by atoms with Gasteiger partial charge in [0, 0.05) is 5.69 Å². The molecule has 1 fully saturated rings. The first-order valence-corrected chi connectivity index (χ1v) is 8.14. The van der Waals surface area contributed by atoms with E-state index in [9.17, 15) is 4.79 Å². The zero-order valence-electron chi connectivity index (χ0n) is 14.2. The molecular formula is C18H28N2O2. The van der Waals surface area contributed by atoms with Gasteiger partial charge in [0.05, 0.1) is 0 Å². The summed E-state index contributed by atoms with van der Waals surface area (Å²) in [6.45, 7) is 9.86. The molecule has 0 aliphatic carbocycles. The lowest BCUT2D eigenvalue weighted by Crippen LogP contribution is -2.30. The van der Waals surface area contributed by atoms with Crippen LogP contribution in [-0.4, -0.2) is 24.8 Å². The average molecular weight is 304 g/mol. The van der Waals surface area contributed by atoms with Crippen molar-refractivity contribution in [1.29, 1.82) is 0 Å². The van der Waals surface area contributed by atoms with Gasteiger partial charge in [-0.05, 0) is 83.2 Å². The van der Waals surface area contributed by atoms with Crippen LogP contribution in [0.2, 0.25) is 0 Å². The molecule has 1 atom stereocenters. The van der Waals surface area contributed by atoms with E-state index >= 15 is 0 Å². The average Bonchev–Trinajstić information content (AvgIpc) is 2.41. The van der Waals surface area contributed by atoms with Crippen LogP contribution in [0, 0.1) is 12.8 Å². The van der Waals surface area contributed by atoms with Gasteiger partial charge in [-0.25, -0.2) is 4.79 Å². The molecule has 1 amide bonds. The maximum Gasteiger partial charge on any atom is 0.412 e. The molecule has 0 saturated carbocycles. The van der Waals surface area contributed by atoms with Gasteiger partial charge in [-0.15, -0.1) is 0 Å². The number of amides is 1. The first-order chi connectivity index (χ1) is 10.3. The molecule has 0 radical (unpaired) electrons. The van der Waals surface area contributed by atoms with E-state index in [2.05, 4.69) is 22.8 Å². The largest absolute Gasteiger partial charge is 0.444 e. The van der Waals surface area contributed by atoms with Crippen LogP contribution < -0.4 is 10.6 Å². The van der Waals surface area contributed by atoms with Gasteiger partial charge in [0.1, 0.15) is 5.60 Å². The molecule has 122 valence electrons. The predicted octanol–water partition coefficient (Wildman–Crippen LogP) is 3.88. The van der Waals surface area contributed by atoms with Crippen molar-refractivity contribution in [3.8, 4) is 0 Å². The van der Waals surface area contributed by atoms with Crippen molar-refractivity contribution in [3.63, 3.8) is 0 Å². The summed E-state index contributed by atoms with van der Waals surface area (Å²) in [6.07, 6.45) is 3.26. The molecule has 4 heteroatoms. The van der Waals surface area contributed by atoms with E-state index in [0.29, 0.717) is 0 Å². The van der Waals surface area contributed by atoms with E-state index in [-0.39, 0.29) is 0 Å². The summed E-state index contributed by atoms with van der Waals surface area (Å²) >= 11 is 0. The van der Waals surface area contributed by atoms with Crippen LogP contribution in [0.25, 0.3) is 0 Å². The molecule has 2 N–H and O–H groups in total. The summed E-state index contributed by atoms with van der Waals surface area (Å²) < 4.78 is 5.29. The number of ether oxygens (including phenoxy) is 1. The molecule has 0 spiro atoms. The first kappa shape index (κ1) is 16.8. The fraction of sp³-hybridized carbons (Fsp3) is 0.611. The zero-order chi connectivity index (χ0) is 16.2. The van der Waals surface area contributed by atoms with Gasteiger partial charge in [0.15, 0.2) is 0 Å². The normalized spacial score (nSPS) is 18.8. The number of nitrogens with one attached hydrogen (secondary N) is 2. The number of carbonyl (C=O) groups excluding carboxylic acids is 1. The maximum absolute atomic E-state index is 11.8. The predicted molar refractivity (Wildman–Crippen MR) is 90.3 cm³/mol. The molecule has 1 heterocycles. The van der Waals surface area contributed by atoms with Gasteiger partial charge in [0.2, 0.25) is 0 Å². The third kappa shape index (κ3) is 5.34. The zero-order valence-corrected chi connectivity index (χ0v) is 14.2. The lowest BCUT2D eigenvalue weighted by Gasteiger charge is -2.23. The van der Waals surface area contributed by atoms with Gasteiger partial charge in [-0.3, -0.25) is 5.32 Å². The number of hydrogen-bond acceptors (Lipinski definition) is 3. The molecule has 4 nitrogen and oxygen atoms in total. The van der Waals surface area contributed by atoms with Crippen molar-refractivity contribution in [1.82, 2.24) is 5.32 Å². The van der Waals surface area contributed by atoms with E-state index in [0.717, 1.165) is 36.7 Å². The second kappa shape index (κ2) is 7.14. The highest BCUT2D eigenvalue weighted by Gasteiger charge is 2.17. The van der Waals surface area contributed by atoms with Crippen LogP contribution in [-0.2, 0) is 11.2 Å². The van der Waals surface area contributed by atoms with E-state index in [1.807, 2.05) is 33.8 Å². The highest BCUT2D eigenvalue weighted by molar-refractivity contribution is 5.85. The van der Waals surface area contributed by atoms with Crippen molar-refractivity contribution in [2.24, 2.45) is 5.92 Å². The van der Waals surface area contributed by atoms with Crippen molar-refractivity contribution >= 4 is 11.8 Å². The molecular weight excluding hydrogens is 276 g/mol. The quantitative estimate of drug-likeness (QED) is 0.891. The fourth-order valence-corrected chi connectivity index (χ4v) is 2.84. The smallest absolute Gasteiger partial charge is 0.412 e. The molecule has 0 bridgehead atoms. The molecule has 1 aliphatic rings. The topological polar surface area (TPSA) is 50.4 Å². The Hall–Kier alpha value is -1.55. The van der Waals surface area contributed by atoms with Crippen LogP contribution in [0.3, 0.4) is 0 Å². The third-order valence-electron chi connectivity index (χ3n) is 3.85. The molecule has 1 aliphatic heterocycles. The second-order valence-electron chi connectivity index (χ2n) is 7.19. The molecule has 1 unspecified atom stereocenters. The summed E-state index contributed by atoms with van der Waals surface area (Å²) in [4.78, 5) is 11.8. The molecule has 1 aromatic carbocycles. The summed E-state index contributed by atoms with van der Waals surface area (Å²) in [7, 11) is 0. The molecule has 1 saturated heterocycles. The Morgan fingerprint density at radius 2 is 2.18 bits per heavy atom. The number of benzene rings is 1. The van der Waals surface area contributed by atoms with Crippen molar-refractivity contribution < 1.29 is 9.53 Å². The third-order valence-corrected chi connectivity index (χ3v) is 3.85.